The Kier molecular flexibility index (Phi) is 7.14. The highest BCUT2D eigenvalue weighted by Gasteiger charge is 2.25. The van der Waals surface area contributed by atoms with Gasteiger partial charge in [-0.25, -0.2) is 0 Å². The lowest BCUT2D eigenvalue weighted by molar-refractivity contribution is -0.117. The molecule has 2 fully saturated rings. The van der Waals surface area contributed by atoms with E-state index < -0.39 is 0 Å². The first-order valence-electron chi connectivity index (χ1n) is 10.7. The van der Waals surface area contributed by atoms with E-state index in [2.05, 4.69) is 20.9 Å². The molecule has 154 valence electrons. The van der Waals surface area contributed by atoms with Gasteiger partial charge in [0.05, 0.1) is 24.8 Å². The first kappa shape index (κ1) is 20.9. The van der Waals surface area contributed by atoms with Gasteiger partial charge in [0.1, 0.15) is 11.9 Å². The van der Waals surface area contributed by atoms with Crippen molar-refractivity contribution in [3.05, 3.63) is 16.8 Å². The molecule has 1 aromatic rings. The first-order chi connectivity index (χ1) is 13.5. The second-order valence-corrected chi connectivity index (χ2v) is 8.40. The van der Waals surface area contributed by atoms with Crippen LogP contribution >= 0.6 is 0 Å². The lowest BCUT2D eigenvalue weighted by Gasteiger charge is -2.26. The molecule has 1 N–H and O–H groups in total. The maximum Gasteiger partial charge on any atom is 0.239 e. The van der Waals surface area contributed by atoms with Gasteiger partial charge in [-0.1, -0.05) is 25.7 Å². The number of amides is 1. The van der Waals surface area contributed by atoms with Gasteiger partial charge in [-0.3, -0.25) is 9.69 Å². The molecule has 2 aliphatic rings. The van der Waals surface area contributed by atoms with Crippen molar-refractivity contribution < 1.29 is 9.53 Å². The number of nitrogens with zero attached hydrogens (tertiary/aromatic N) is 3. The number of rotatable bonds is 6. The number of nitriles is 1. The van der Waals surface area contributed by atoms with Crippen molar-refractivity contribution in [3.63, 3.8) is 0 Å². The van der Waals surface area contributed by atoms with Crippen molar-refractivity contribution in [3.8, 4) is 6.07 Å². The number of ether oxygens (including phenoxy) is 1. The molecule has 6 nitrogen and oxygen atoms in total. The number of carbonyl (C=O) groups excluding carboxylic acids is 1. The molecule has 1 atom stereocenters. The van der Waals surface area contributed by atoms with Gasteiger partial charge in [0, 0.05) is 18.3 Å². The predicted octanol–water partition coefficient (Wildman–Crippen LogP) is 3.75. The molecule has 28 heavy (non-hydrogen) atoms. The van der Waals surface area contributed by atoms with Gasteiger partial charge in [0.2, 0.25) is 5.91 Å². The summed E-state index contributed by atoms with van der Waals surface area (Å²) in [5.74, 6) is 0.585. The molecule has 6 heteroatoms. The third-order valence-corrected chi connectivity index (χ3v) is 6.45. The van der Waals surface area contributed by atoms with Crippen LogP contribution in [0.25, 0.3) is 0 Å². The first-order valence-corrected chi connectivity index (χ1v) is 10.7. The normalized spacial score (nSPS) is 20.9. The summed E-state index contributed by atoms with van der Waals surface area (Å²) in [6, 6.07) is 2.77. The minimum absolute atomic E-state index is 0.0469. The van der Waals surface area contributed by atoms with Crippen LogP contribution < -0.4 is 5.32 Å². The van der Waals surface area contributed by atoms with Gasteiger partial charge in [0.15, 0.2) is 0 Å². The summed E-state index contributed by atoms with van der Waals surface area (Å²) in [6.45, 7) is 5.80. The SMILES string of the molecule is Cc1c(C#N)c(NC(=O)CN(C)C2CCCCCC2)n(CC2CCCO2)c1C. The molecule has 3 rings (SSSR count). The fraction of sp³-hybridized carbons (Fsp3) is 0.727. The van der Waals surface area contributed by atoms with E-state index in [1.807, 2.05) is 20.9 Å². The van der Waals surface area contributed by atoms with Gasteiger partial charge >= 0.3 is 0 Å². The van der Waals surface area contributed by atoms with E-state index in [-0.39, 0.29) is 12.0 Å². The zero-order chi connectivity index (χ0) is 20.1. The highest BCUT2D eigenvalue weighted by molar-refractivity contribution is 5.93. The highest BCUT2D eigenvalue weighted by atomic mass is 16.5. The van der Waals surface area contributed by atoms with Crippen molar-refractivity contribution in [1.29, 1.82) is 5.26 Å². The van der Waals surface area contributed by atoms with Crippen LogP contribution in [0.5, 0.6) is 0 Å². The van der Waals surface area contributed by atoms with E-state index in [1.54, 1.807) is 0 Å². The molecule has 0 spiro atoms. The maximum absolute atomic E-state index is 12.8. The number of nitrogens with one attached hydrogen (secondary N) is 1. The summed E-state index contributed by atoms with van der Waals surface area (Å²) in [5.41, 5.74) is 2.54. The third-order valence-electron chi connectivity index (χ3n) is 6.45. The standard InChI is InChI=1S/C22H34N4O2/c1-16-17(2)26(14-19-11-8-12-28-19)22(20(16)13-23)24-21(27)15-25(3)18-9-6-4-5-7-10-18/h18-19H,4-12,14-15H2,1-3H3,(H,24,27). The molecule has 1 aliphatic heterocycles. The minimum Gasteiger partial charge on any atom is -0.376 e. The Morgan fingerprint density at radius 3 is 2.54 bits per heavy atom. The van der Waals surface area contributed by atoms with Crippen molar-refractivity contribution in [1.82, 2.24) is 9.47 Å². The number of hydrogen-bond acceptors (Lipinski definition) is 4. The monoisotopic (exact) mass is 386 g/mol. The summed E-state index contributed by atoms with van der Waals surface area (Å²) in [4.78, 5) is 15.0. The lowest BCUT2D eigenvalue weighted by Crippen LogP contribution is -2.38. The molecule has 1 saturated carbocycles. The Labute approximate surface area is 168 Å². The Morgan fingerprint density at radius 2 is 1.93 bits per heavy atom. The molecule has 1 aromatic heterocycles. The van der Waals surface area contributed by atoms with Gasteiger partial charge < -0.3 is 14.6 Å². The van der Waals surface area contributed by atoms with E-state index in [0.29, 0.717) is 30.5 Å². The van der Waals surface area contributed by atoms with Crippen LogP contribution in [0.3, 0.4) is 0 Å². The summed E-state index contributed by atoms with van der Waals surface area (Å²) in [6.07, 6.45) is 9.69. The summed E-state index contributed by atoms with van der Waals surface area (Å²) in [5, 5.41) is 12.7. The second-order valence-electron chi connectivity index (χ2n) is 8.40. The van der Waals surface area contributed by atoms with Crippen molar-refractivity contribution in [2.45, 2.75) is 83.9 Å². The highest BCUT2D eigenvalue weighted by Crippen LogP contribution is 2.28. The molecule has 1 amide bonds. The molecule has 0 aromatic carbocycles. The van der Waals surface area contributed by atoms with Crippen LogP contribution in [0, 0.1) is 25.2 Å². The maximum atomic E-state index is 12.8. The number of hydrogen-bond donors (Lipinski definition) is 1. The summed E-state index contributed by atoms with van der Waals surface area (Å²) in [7, 11) is 2.04. The third kappa shape index (κ3) is 4.76. The van der Waals surface area contributed by atoms with Crippen molar-refractivity contribution in [2.24, 2.45) is 0 Å². The lowest BCUT2D eigenvalue weighted by atomic mass is 10.1. The predicted molar refractivity (Wildman–Crippen MR) is 110 cm³/mol. The van der Waals surface area contributed by atoms with Crippen LogP contribution in [0.4, 0.5) is 5.82 Å². The average molecular weight is 387 g/mol. The van der Waals surface area contributed by atoms with Gasteiger partial charge in [-0.2, -0.15) is 5.26 Å². The molecule has 1 saturated heterocycles. The van der Waals surface area contributed by atoms with Gasteiger partial charge in [-0.05, 0) is 52.1 Å². The van der Waals surface area contributed by atoms with Crippen LogP contribution in [0.1, 0.15) is 68.2 Å². The van der Waals surface area contributed by atoms with Crippen molar-refractivity contribution in [2.75, 3.05) is 25.5 Å². The van der Waals surface area contributed by atoms with Gasteiger partial charge in [-0.15, -0.1) is 0 Å². The van der Waals surface area contributed by atoms with Crippen LogP contribution in [0.2, 0.25) is 0 Å². The Balaban J connectivity index is 1.71. The Hall–Kier alpha value is -1.84. The topological polar surface area (TPSA) is 70.3 Å². The van der Waals surface area contributed by atoms with E-state index in [0.717, 1.165) is 30.7 Å². The van der Waals surface area contributed by atoms with E-state index in [1.165, 1.54) is 38.5 Å². The zero-order valence-electron chi connectivity index (χ0n) is 17.6. The number of likely N-dealkylation sites (N-methyl/N-ethyl adjacent to an activating group) is 1. The zero-order valence-corrected chi connectivity index (χ0v) is 17.6. The smallest absolute Gasteiger partial charge is 0.239 e. The van der Waals surface area contributed by atoms with Crippen LogP contribution in [-0.4, -0.2) is 47.7 Å². The fourth-order valence-electron chi connectivity index (χ4n) is 4.58. The number of anilines is 1. The molecular weight excluding hydrogens is 352 g/mol. The van der Waals surface area contributed by atoms with Crippen LogP contribution in [-0.2, 0) is 16.1 Å². The molecule has 1 unspecified atom stereocenters. The second kappa shape index (κ2) is 9.58. The Bertz CT molecular complexity index is 720. The fourth-order valence-corrected chi connectivity index (χ4v) is 4.58. The quantitative estimate of drug-likeness (QED) is 0.756. The van der Waals surface area contributed by atoms with Crippen molar-refractivity contribution >= 4 is 11.7 Å². The van der Waals surface area contributed by atoms with Gasteiger partial charge in [0.25, 0.3) is 0 Å². The minimum atomic E-state index is -0.0469. The largest absolute Gasteiger partial charge is 0.376 e. The summed E-state index contributed by atoms with van der Waals surface area (Å²) >= 11 is 0. The molecule has 1 aliphatic carbocycles. The molecule has 2 heterocycles. The Morgan fingerprint density at radius 1 is 1.21 bits per heavy atom. The molecule has 0 bridgehead atoms. The van der Waals surface area contributed by atoms with E-state index >= 15 is 0 Å². The molecule has 0 radical (unpaired) electrons. The van der Waals surface area contributed by atoms with Crippen LogP contribution in [0.15, 0.2) is 0 Å². The van der Waals surface area contributed by atoms with E-state index in [4.69, 9.17) is 4.74 Å². The average Bonchev–Trinajstić information content (AvgIpc) is 3.13. The number of carbonyl (C=O) groups is 1. The molecular formula is C22H34N4O2. The summed E-state index contributed by atoms with van der Waals surface area (Å²) < 4.78 is 7.85. The number of aromatic nitrogens is 1. The van der Waals surface area contributed by atoms with E-state index in [9.17, 15) is 10.1 Å².